The molecular formula is C14H21N5S. The smallest absolute Gasteiger partial charge is 0.188 e. The molecule has 0 amide bonds. The van der Waals surface area contributed by atoms with E-state index >= 15 is 0 Å². The van der Waals surface area contributed by atoms with E-state index in [4.69, 9.17) is 5.73 Å². The summed E-state index contributed by atoms with van der Waals surface area (Å²) in [5, 5.41) is 5.14. The molecule has 0 saturated carbocycles. The minimum absolute atomic E-state index is 0.0496. The highest BCUT2D eigenvalue weighted by molar-refractivity contribution is 7.99. The van der Waals surface area contributed by atoms with Gasteiger partial charge in [0, 0.05) is 36.2 Å². The van der Waals surface area contributed by atoms with Crippen LogP contribution in [-0.2, 0) is 7.05 Å². The van der Waals surface area contributed by atoms with Crippen molar-refractivity contribution in [3.8, 4) is 0 Å². The third-order valence-corrected chi connectivity index (χ3v) is 4.38. The number of nitrogens with zero attached hydrogens (tertiary/aromatic N) is 4. The molecule has 0 aliphatic rings. The molecule has 0 aromatic carbocycles. The van der Waals surface area contributed by atoms with Crippen LogP contribution < -0.4 is 5.73 Å². The number of aromatic nitrogens is 4. The van der Waals surface area contributed by atoms with Gasteiger partial charge >= 0.3 is 0 Å². The van der Waals surface area contributed by atoms with Gasteiger partial charge in [0.15, 0.2) is 5.16 Å². The minimum atomic E-state index is 0.0496. The van der Waals surface area contributed by atoms with Gasteiger partial charge in [0.1, 0.15) is 0 Å². The van der Waals surface area contributed by atoms with Gasteiger partial charge in [-0.25, -0.2) is 9.97 Å². The molecule has 20 heavy (non-hydrogen) atoms. The summed E-state index contributed by atoms with van der Waals surface area (Å²) < 4.78 is 1.80. The quantitative estimate of drug-likeness (QED) is 0.676. The predicted octanol–water partition coefficient (Wildman–Crippen LogP) is 2.40. The Morgan fingerprint density at radius 3 is 2.45 bits per heavy atom. The maximum Gasteiger partial charge on any atom is 0.188 e. The van der Waals surface area contributed by atoms with Crippen LogP contribution in [0.3, 0.4) is 0 Å². The molecule has 0 bridgehead atoms. The standard InChI is InChI=1S/C14H21N5S/c1-5-12(15)13(11-7-16-19(4)8-11)20-14-17-9(2)6-10(3)18-14/h6-8,12-13H,5,15H2,1-4H3. The van der Waals surface area contributed by atoms with Crippen LogP contribution in [-0.4, -0.2) is 25.8 Å². The van der Waals surface area contributed by atoms with Gasteiger partial charge in [-0.2, -0.15) is 5.10 Å². The van der Waals surface area contributed by atoms with Crippen molar-refractivity contribution in [3.05, 3.63) is 35.4 Å². The molecule has 0 saturated heterocycles. The van der Waals surface area contributed by atoms with E-state index in [0.717, 1.165) is 28.5 Å². The summed E-state index contributed by atoms with van der Waals surface area (Å²) in [6.07, 6.45) is 4.78. The third kappa shape index (κ3) is 3.58. The van der Waals surface area contributed by atoms with E-state index in [2.05, 4.69) is 22.0 Å². The molecule has 5 nitrogen and oxygen atoms in total. The van der Waals surface area contributed by atoms with Crippen molar-refractivity contribution in [1.29, 1.82) is 0 Å². The zero-order valence-corrected chi connectivity index (χ0v) is 13.2. The number of rotatable bonds is 5. The Balaban J connectivity index is 2.28. The Kier molecular flexibility index (Phi) is 4.77. The number of thioether (sulfide) groups is 1. The first-order valence-corrected chi connectivity index (χ1v) is 7.60. The van der Waals surface area contributed by atoms with E-state index in [9.17, 15) is 0 Å². The molecular weight excluding hydrogens is 270 g/mol. The van der Waals surface area contributed by atoms with Crippen LogP contribution in [0.2, 0.25) is 0 Å². The van der Waals surface area contributed by atoms with Crippen molar-refractivity contribution in [3.63, 3.8) is 0 Å². The molecule has 2 atom stereocenters. The molecule has 2 rings (SSSR count). The number of nitrogens with two attached hydrogens (primary N) is 1. The average Bonchev–Trinajstić information content (AvgIpc) is 2.80. The van der Waals surface area contributed by atoms with Crippen LogP contribution in [0.1, 0.15) is 35.5 Å². The fourth-order valence-electron chi connectivity index (χ4n) is 2.06. The molecule has 2 aromatic heterocycles. The Hall–Kier alpha value is -1.40. The van der Waals surface area contributed by atoms with E-state index in [1.807, 2.05) is 39.4 Å². The molecule has 0 radical (unpaired) electrons. The highest BCUT2D eigenvalue weighted by Gasteiger charge is 2.22. The van der Waals surface area contributed by atoms with Crippen molar-refractivity contribution in [1.82, 2.24) is 19.7 Å². The first-order chi connectivity index (χ1) is 9.49. The molecule has 2 unspecified atom stereocenters. The zero-order chi connectivity index (χ0) is 14.7. The summed E-state index contributed by atoms with van der Waals surface area (Å²) in [4.78, 5) is 8.98. The Labute approximate surface area is 124 Å². The molecule has 0 spiro atoms. The van der Waals surface area contributed by atoms with E-state index in [-0.39, 0.29) is 11.3 Å². The zero-order valence-electron chi connectivity index (χ0n) is 12.4. The van der Waals surface area contributed by atoms with Gasteiger partial charge in [-0.05, 0) is 26.3 Å². The highest BCUT2D eigenvalue weighted by Crippen LogP contribution is 2.36. The Morgan fingerprint density at radius 2 is 1.95 bits per heavy atom. The predicted molar refractivity (Wildman–Crippen MR) is 81.6 cm³/mol. The summed E-state index contributed by atoms with van der Waals surface area (Å²) in [5.41, 5.74) is 9.35. The van der Waals surface area contributed by atoms with Crippen molar-refractivity contribution >= 4 is 11.8 Å². The number of aryl methyl sites for hydroxylation is 3. The first-order valence-electron chi connectivity index (χ1n) is 6.72. The normalized spacial score (nSPS) is 14.2. The molecule has 0 aliphatic heterocycles. The van der Waals surface area contributed by atoms with E-state index < -0.39 is 0 Å². The van der Waals surface area contributed by atoms with Crippen LogP contribution >= 0.6 is 11.8 Å². The van der Waals surface area contributed by atoms with E-state index in [0.29, 0.717) is 0 Å². The molecule has 0 aliphatic carbocycles. The van der Waals surface area contributed by atoms with Gasteiger partial charge in [0.2, 0.25) is 0 Å². The summed E-state index contributed by atoms with van der Waals surface area (Å²) in [5.74, 6) is 0. The molecule has 108 valence electrons. The Bertz CT molecular complexity index is 560. The van der Waals surface area contributed by atoms with Crippen molar-refractivity contribution in [2.24, 2.45) is 12.8 Å². The summed E-state index contributed by atoms with van der Waals surface area (Å²) in [6, 6.07) is 2.02. The van der Waals surface area contributed by atoms with Gasteiger partial charge in [-0.15, -0.1) is 0 Å². The third-order valence-electron chi connectivity index (χ3n) is 3.11. The Morgan fingerprint density at radius 1 is 1.30 bits per heavy atom. The fraction of sp³-hybridized carbons (Fsp3) is 0.500. The SMILES string of the molecule is CCC(N)C(Sc1nc(C)cc(C)n1)c1cnn(C)c1. The maximum absolute atomic E-state index is 6.27. The van der Waals surface area contributed by atoms with Crippen molar-refractivity contribution < 1.29 is 0 Å². The second-order valence-electron chi connectivity index (χ2n) is 4.99. The topological polar surface area (TPSA) is 69.6 Å². The second-order valence-corrected chi connectivity index (χ2v) is 6.10. The van der Waals surface area contributed by atoms with E-state index in [1.54, 1.807) is 16.4 Å². The maximum atomic E-state index is 6.27. The molecule has 2 heterocycles. The summed E-state index contributed by atoms with van der Waals surface area (Å²) >= 11 is 1.62. The summed E-state index contributed by atoms with van der Waals surface area (Å²) in [7, 11) is 1.91. The minimum Gasteiger partial charge on any atom is -0.326 e. The second kappa shape index (κ2) is 6.37. The van der Waals surface area contributed by atoms with Crippen LogP contribution in [0.15, 0.2) is 23.6 Å². The molecule has 0 fully saturated rings. The lowest BCUT2D eigenvalue weighted by molar-refractivity contribution is 0.631. The molecule has 2 N–H and O–H groups in total. The van der Waals surface area contributed by atoms with Gasteiger partial charge in [0.05, 0.1) is 11.4 Å². The monoisotopic (exact) mass is 291 g/mol. The molecule has 6 heteroatoms. The number of hydrogen-bond donors (Lipinski definition) is 1. The van der Waals surface area contributed by atoms with Crippen LogP contribution in [0.5, 0.6) is 0 Å². The van der Waals surface area contributed by atoms with E-state index in [1.165, 1.54) is 0 Å². The van der Waals surface area contributed by atoms with Gasteiger partial charge < -0.3 is 5.73 Å². The van der Waals surface area contributed by atoms with Crippen LogP contribution in [0.25, 0.3) is 0 Å². The van der Waals surface area contributed by atoms with Crippen LogP contribution in [0.4, 0.5) is 0 Å². The summed E-state index contributed by atoms with van der Waals surface area (Å²) in [6.45, 7) is 6.06. The van der Waals surface area contributed by atoms with Crippen molar-refractivity contribution in [2.45, 2.75) is 43.6 Å². The van der Waals surface area contributed by atoms with Crippen molar-refractivity contribution in [2.75, 3.05) is 0 Å². The van der Waals surface area contributed by atoms with Crippen LogP contribution in [0, 0.1) is 13.8 Å². The lowest BCUT2D eigenvalue weighted by Crippen LogP contribution is -2.25. The highest BCUT2D eigenvalue weighted by atomic mass is 32.2. The van der Waals surface area contributed by atoms with Gasteiger partial charge in [-0.3, -0.25) is 4.68 Å². The van der Waals surface area contributed by atoms with Gasteiger partial charge in [0.25, 0.3) is 0 Å². The lowest BCUT2D eigenvalue weighted by atomic mass is 10.1. The lowest BCUT2D eigenvalue weighted by Gasteiger charge is -2.20. The first kappa shape index (κ1) is 15.0. The average molecular weight is 291 g/mol. The molecule has 2 aromatic rings. The van der Waals surface area contributed by atoms with Gasteiger partial charge in [-0.1, -0.05) is 18.7 Å². The largest absolute Gasteiger partial charge is 0.326 e. The fourth-order valence-corrected chi connectivity index (χ4v) is 3.31. The number of hydrogen-bond acceptors (Lipinski definition) is 5.